The van der Waals surface area contributed by atoms with E-state index in [0.29, 0.717) is 0 Å². The summed E-state index contributed by atoms with van der Waals surface area (Å²) >= 11 is 0. The third-order valence-electron chi connectivity index (χ3n) is 3.27. The lowest BCUT2D eigenvalue weighted by atomic mass is 9.93. The molecule has 0 unspecified atom stereocenters. The maximum atomic E-state index is 4.46. The highest BCUT2D eigenvalue weighted by Crippen LogP contribution is 2.21. The number of aliphatic imine (C=N–C) groups is 1. The first-order valence-electron chi connectivity index (χ1n) is 5.93. The van der Waals surface area contributed by atoms with E-state index in [1.54, 1.807) is 0 Å². The van der Waals surface area contributed by atoms with Crippen LogP contribution >= 0.6 is 0 Å². The van der Waals surface area contributed by atoms with Crippen LogP contribution in [0.3, 0.4) is 0 Å². The van der Waals surface area contributed by atoms with Crippen molar-refractivity contribution in [1.82, 2.24) is 10.2 Å². The fourth-order valence-electron chi connectivity index (χ4n) is 2.44. The molecule has 1 N–H and O–H groups in total. The van der Waals surface area contributed by atoms with E-state index in [-0.39, 0.29) is 0 Å². The lowest BCUT2D eigenvalue weighted by Gasteiger charge is -2.33. The highest BCUT2D eigenvalue weighted by Gasteiger charge is 2.21. The molecule has 1 fully saturated rings. The Kier molecular flexibility index (Phi) is 3.27. The van der Waals surface area contributed by atoms with Gasteiger partial charge in [0, 0.05) is 19.6 Å². The Morgan fingerprint density at radius 1 is 1.43 bits per heavy atom. The van der Waals surface area contributed by atoms with Gasteiger partial charge < -0.3 is 10.2 Å². The number of hydrogen-bond acceptors (Lipinski definition) is 3. The smallest absolute Gasteiger partial charge is 0.194 e. The fraction of sp³-hybridized carbons (Fsp3) is 0.909. The van der Waals surface area contributed by atoms with E-state index in [1.807, 2.05) is 0 Å². The summed E-state index contributed by atoms with van der Waals surface area (Å²) in [6.07, 6.45) is 5.46. The van der Waals surface area contributed by atoms with Crippen LogP contribution in [0, 0.1) is 5.92 Å². The second-order valence-corrected chi connectivity index (χ2v) is 4.35. The van der Waals surface area contributed by atoms with Gasteiger partial charge >= 0.3 is 0 Å². The van der Waals surface area contributed by atoms with Crippen LogP contribution in [0.1, 0.15) is 32.6 Å². The minimum atomic E-state index is 0.963. The molecule has 0 aromatic carbocycles. The first kappa shape index (κ1) is 9.81. The van der Waals surface area contributed by atoms with E-state index < -0.39 is 0 Å². The third-order valence-corrected chi connectivity index (χ3v) is 3.27. The van der Waals surface area contributed by atoms with Gasteiger partial charge in [-0.05, 0) is 18.8 Å². The van der Waals surface area contributed by atoms with E-state index in [0.717, 1.165) is 25.0 Å². The topological polar surface area (TPSA) is 27.6 Å². The highest BCUT2D eigenvalue weighted by molar-refractivity contribution is 5.81. The summed E-state index contributed by atoms with van der Waals surface area (Å²) in [6.45, 7) is 6.69. The van der Waals surface area contributed by atoms with Crippen LogP contribution in [-0.4, -0.2) is 37.0 Å². The van der Waals surface area contributed by atoms with Crippen molar-refractivity contribution in [3.05, 3.63) is 0 Å². The predicted molar refractivity (Wildman–Crippen MR) is 59.5 cm³/mol. The monoisotopic (exact) mass is 195 g/mol. The Hall–Kier alpha value is -0.730. The average molecular weight is 195 g/mol. The zero-order valence-electron chi connectivity index (χ0n) is 9.13. The Morgan fingerprint density at radius 2 is 2.21 bits per heavy atom. The molecular weight excluding hydrogens is 174 g/mol. The van der Waals surface area contributed by atoms with E-state index >= 15 is 0 Å². The lowest BCUT2D eigenvalue weighted by Crippen LogP contribution is -2.43. The summed E-state index contributed by atoms with van der Waals surface area (Å²) in [7, 11) is 0. The second kappa shape index (κ2) is 4.67. The van der Waals surface area contributed by atoms with Crippen molar-refractivity contribution in [2.75, 3.05) is 26.2 Å². The zero-order valence-corrected chi connectivity index (χ0v) is 9.13. The number of piperidine rings is 1. The van der Waals surface area contributed by atoms with Gasteiger partial charge in [-0.1, -0.05) is 19.8 Å². The Morgan fingerprint density at radius 3 is 2.79 bits per heavy atom. The second-order valence-electron chi connectivity index (χ2n) is 4.35. The molecule has 0 spiro atoms. The molecule has 3 heteroatoms. The van der Waals surface area contributed by atoms with E-state index in [4.69, 9.17) is 0 Å². The van der Waals surface area contributed by atoms with Crippen molar-refractivity contribution in [2.45, 2.75) is 32.6 Å². The Balaban J connectivity index is 1.78. The van der Waals surface area contributed by atoms with Crippen molar-refractivity contribution in [3.63, 3.8) is 0 Å². The molecule has 0 aliphatic carbocycles. The van der Waals surface area contributed by atoms with Crippen LogP contribution in [0.5, 0.6) is 0 Å². The first-order chi connectivity index (χ1) is 6.90. The van der Waals surface area contributed by atoms with Gasteiger partial charge in [0.25, 0.3) is 0 Å². The van der Waals surface area contributed by atoms with E-state index in [2.05, 4.69) is 22.1 Å². The first-order valence-corrected chi connectivity index (χ1v) is 5.93. The van der Waals surface area contributed by atoms with Crippen LogP contribution < -0.4 is 5.32 Å². The molecule has 80 valence electrons. The zero-order chi connectivity index (χ0) is 9.80. The van der Waals surface area contributed by atoms with Crippen LogP contribution in [0.4, 0.5) is 0 Å². The maximum Gasteiger partial charge on any atom is 0.194 e. The summed E-state index contributed by atoms with van der Waals surface area (Å²) in [5.41, 5.74) is 0. The maximum absolute atomic E-state index is 4.46. The van der Waals surface area contributed by atoms with Crippen molar-refractivity contribution in [3.8, 4) is 0 Å². The summed E-state index contributed by atoms with van der Waals surface area (Å²) in [5.74, 6) is 2.12. The number of likely N-dealkylation sites (tertiary alicyclic amines) is 1. The van der Waals surface area contributed by atoms with Gasteiger partial charge in [-0.2, -0.15) is 0 Å². The van der Waals surface area contributed by atoms with Crippen LogP contribution in [0.2, 0.25) is 0 Å². The van der Waals surface area contributed by atoms with E-state index in [1.165, 1.54) is 38.8 Å². The number of rotatable bonds is 2. The standard InChI is InChI=1S/C11H21N3/c1-2-3-10-4-8-14(9-5-10)11-12-6-7-13-11/h10H,2-9H2,1H3,(H,12,13). The third kappa shape index (κ3) is 2.20. The molecule has 0 aromatic rings. The Labute approximate surface area is 86.6 Å². The van der Waals surface area contributed by atoms with Gasteiger partial charge in [-0.25, -0.2) is 0 Å². The SMILES string of the molecule is CCCC1CCN(C2=NCCN2)CC1. The van der Waals surface area contributed by atoms with Gasteiger partial charge in [0.1, 0.15) is 0 Å². The van der Waals surface area contributed by atoms with Crippen molar-refractivity contribution >= 4 is 5.96 Å². The van der Waals surface area contributed by atoms with Crippen LogP contribution in [-0.2, 0) is 0 Å². The number of nitrogens with zero attached hydrogens (tertiary/aromatic N) is 2. The summed E-state index contributed by atoms with van der Waals surface area (Å²) in [4.78, 5) is 6.88. The molecule has 1 saturated heterocycles. The highest BCUT2D eigenvalue weighted by atomic mass is 15.3. The molecular formula is C11H21N3. The van der Waals surface area contributed by atoms with E-state index in [9.17, 15) is 0 Å². The fourth-order valence-corrected chi connectivity index (χ4v) is 2.44. The molecule has 14 heavy (non-hydrogen) atoms. The molecule has 2 aliphatic rings. The van der Waals surface area contributed by atoms with Crippen molar-refractivity contribution in [2.24, 2.45) is 10.9 Å². The molecule has 0 amide bonds. The normalized spacial score (nSPS) is 23.5. The molecule has 0 atom stereocenters. The molecule has 2 aliphatic heterocycles. The van der Waals surface area contributed by atoms with Crippen LogP contribution in [0.15, 0.2) is 4.99 Å². The Bertz CT molecular complexity index is 205. The summed E-state index contributed by atoms with van der Waals surface area (Å²) < 4.78 is 0. The van der Waals surface area contributed by atoms with Gasteiger partial charge in [0.05, 0.1) is 6.54 Å². The molecule has 2 heterocycles. The quantitative estimate of drug-likeness (QED) is 0.722. The number of guanidine groups is 1. The molecule has 0 radical (unpaired) electrons. The van der Waals surface area contributed by atoms with Crippen molar-refractivity contribution < 1.29 is 0 Å². The minimum absolute atomic E-state index is 0.963. The average Bonchev–Trinajstić information content (AvgIpc) is 2.72. The molecule has 2 rings (SSSR count). The largest absolute Gasteiger partial charge is 0.354 e. The van der Waals surface area contributed by atoms with Gasteiger partial charge in [-0.15, -0.1) is 0 Å². The van der Waals surface area contributed by atoms with Crippen molar-refractivity contribution in [1.29, 1.82) is 0 Å². The van der Waals surface area contributed by atoms with Gasteiger partial charge in [-0.3, -0.25) is 4.99 Å². The number of nitrogens with one attached hydrogen (secondary N) is 1. The minimum Gasteiger partial charge on any atom is -0.354 e. The van der Waals surface area contributed by atoms with Crippen LogP contribution in [0.25, 0.3) is 0 Å². The summed E-state index contributed by atoms with van der Waals surface area (Å²) in [5, 5.41) is 3.35. The van der Waals surface area contributed by atoms with Gasteiger partial charge in [0.15, 0.2) is 5.96 Å². The number of hydrogen-bond donors (Lipinski definition) is 1. The van der Waals surface area contributed by atoms with Gasteiger partial charge in [0.2, 0.25) is 0 Å². The molecule has 0 bridgehead atoms. The molecule has 3 nitrogen and oxygen atoms in total. The summed E-state index contributed by atoms with van der Waals surface area (Å²) in [6, 6.07) is 0. The molecule has 0 saturated carbocycles. The lowest BCUT2D eigenvalue weighted by molar-refractivity contribution is 0.251. The molecule has 0 aromatic heterocycles. The predicted octanol–water partition coefficient (Wildman–Crippen LogP) is 1.46.